The van der Waals surface area contributed by atoms with Crippen molar-refractivity contribution in [1.29, 1.82) is 0 Å². The highest BCUT2D eigenvalue weighted by Gasteiger charge is 2.19. The van der Waals surface area contributed by atoms with Gasteiger partial charge >= 0.3 is 17.9 Å². The van der Waals surface area contributed by atoms with Gasteiger partial charge in [0.25, 0.3) is 0 Å². The van der Waals surface area contributed by atoms with Gasteiger partial charge in [0.15, 0.2) is 6.10 Å². The van der Waals surface area contributed by atoms with Gasteiger partial charge in [-0.05, 0) is 83.5 Å². The maximum atomic E-state index is 12.9. The lowest BCUT2D eigenvalue weighted by Crippen LogP contribution is -2.30. The summed E-state index contributed by atoms with van der Waals surface area (Å²) in [5.41, 5.74) is 0. The number of unbranched alkanes of at least 4 members (excludes halogenated alkanes) is 31. The lowest BCUT2D eigenvalue weighted by molar-refractivity contribution is -0.167. The molecular weight excluding hydrogens is 829 g/mol. The lowest BCUT2D eigenvalue weighted by atomic mass is 10.0. The minimum absolute atomic E-state index is 0.0817. The molecule has 0 aromatic carbocycles. The zero-order valence-corrected chi connectivity index (χ0v) is 44.4. The van der Waals surface area contributed by atoms with Crippen LogP contribution >= 0.6 is 0 Å². The summed E-state index contributed by atoms with van der Waals surface area (Å²) in [5.74, 6) is -0.893. The minimum Gasteiger partial charge on any atom is -0.462 e. The molecule has 0 N–H and O–H groups in total. The predicted molar refractivity (Wildman–Crippen MR) is 288 cm³/mol. The number of carbonyl (C=O) groups is 3. The van der Waals surface area contributed by atoms with Crippen LogP contribution in [0.4, 0.5) is 0 Å². The molecule has 0 saturated heterocycles. The van der Waals surface area contributed by atoms with E-state index in [4.69, 9.17) is 14.2 Å². The first-order valence-electron chi connectivity index (χ1n) is 28.8. The van der Waals surface area contributed by atoms with Crippen molar-refractivity contribution in [3.05, 3.63) is 60.8 Å². The number of allylic oxidation sites excluding steroid dienone is 10. The molecule has 0 radical (unpaired) electrons. The molecule has 6 nitrogen and oxygen atoms in total. The molecule has 0 saturated carbocycles. The fourth-order valence-corrected chi connectivity index (χ4v) is 8.19. The van der Waals surface area contributed by atoms with E-state index >= 15 is 0 Å². The van der Waals surface area contributed by atoms with Gasteiger partial charge < -0.3 is 14.2 Å². The number of esters is 3. The monoisotopic (exact) mass is 937 g/mol. The fraction of sp³-hybridized carbons (Fsp3) is 0.787. The molecule has 388 valence electrons. The molecule has 0 aromatic rings. The predicted octanol–water partition coefficient (Wildman–Crippen LogP) is 19.2. The maximum absolute atomic E-state index is 12.9. The summed E-state index contributed by atoms with van der Waals surface area (Å²) in [6.07, 6.45) is 69.2. The average molecular weight is 938 g/mol. The molecule has 0 fully saturated rings. The molecule has 6 heteroatoms. The second-order valence-corrected chi connectivity index (χ2v) is 19.2. The summed E-state index contributed by atoms with van der Waals surface area (Å²) in [5, 5.41) is 0. The highest BCUT2D eigenvalue weighted by Crippen LogP contribution is 2.16. The molecule has 0 aliphatic carbocycles. The van der Waals surface area contributed by atoms with E-state index < -0.39 is 6.10 Å². The Balaban J connectivity index is 4.39. The molecule has 0 amide bonds. The first-order chi connectivity index (χ1) is 33.0. The van der Waals surface area contributed by atoms with Gasteiger partial charge in [-0.3, -0.25) is 14.4 Å². The van der Waals surface area contributed by atoms with E-state index in [-0.39, 0.29) is 31.1 Å². The van der Waals surface area contributed by atoms with Crippen LogP contribution in [0, 0.1) is 0 Å². The first-order valence-corrected chi connectivity index (χ1v) is 28.8. The number of carbonyl (C=O) groups excluding carboxylic acids is 3. The Bertz CT molecular complexity index is 1210. The van der Waals surface area contributed by atoms with Crippen LogP contribution in [0.3, 0.4) is 0 Å². The third kappa shape index (κ3) is 53.9. The molecular formula is C61H108O6. The summed E-state index contributed by atoms with van der Waals surface area (Å²) in [6, 6.07) is 0. The Morgan fingerprint density at radius 1 is 0.313 bits per heavy atom. The molecule has 67 heavy (non-hydrogen) atoms. The van der Waals surface area contributed by atoms with Crippen molar-refractivity contribution in [3.8, 4) is 0 Å². The average Bonchev–Trinajstić information content (AvgIpc) is 3.33. The minimum atomic E-state index is -0.783. The van der Waals surface area contributed by atoms with Crippen molar-refractivity contribution in [2.75, 3.05) is 13.2 Å². The third-order valence-electron chi connectivity index (χ3n) is 12.5. The third-order valence-corrected chi connectivity index (χ3v) is 12.5. The van der Waals surface area contributed by atoms with Crippen molar-refractivity contribution in [2.45, 2.75) is 297 Å². The van der Waals surface area contributed by atoms with Gasteiger partial charge in [-0.15, -0.1) is 0 Å². The van der Waals surface area contributed by atoms with Gasteiger partial charge in [0.2, 0.25) is 0 Å². The zero-order valence-electron chi connectivity index (χ0n) is 44.4. The molecule has 0 bridgehead atoms. The second kappa shape index (κ2) is 55.7. The normalized spacial score (nSPS) is 12.5. The van der Waals surface area contributed by atoms with Crippen molar-refractivity contribution in [2.24, 2.45) is 0 Å². The number of ether oxygens (including phenoxy) is 3. The van der Waals surface area contributed by atoms with Crippen molar-refractivity contribution in [3.63, 3.8) is 0 Å². The van der Waals surface area contributed by atoms with Crippen LogP contribution in [0.15, 0.2) is 60.8 Å². The summed E-state index contributed by atoms with van der Waals surface area (Å²) >= 11 is 0. The first kappa shape index (κ1) is 64.1. The molecule has 0 rings (SSSR count). The van der Waals surface area contributed by atoms with Crippen LogP contribution in [0.1, 0.15) is 290 Å². The quantitative estimate of drug-likeness (QED) is 0.0262. The molecule has 0 spiro atoms. The van der Waals surface area contributed by atoms with E-state index in [1.807, 2.05) is 0 Å². The Hall–Kier alpha value is -2.89. The second-order valence-electron chi connectivity index (χ2n) is 19.2. The van der Waals surface area contributed by atoms with Crippen LogP contribution in [-0.4, -0.2) is 37.2 Å². The SMILES string of the molecule is CC/C=C/C/C=C/C/C=C/CCCCCCCC(=O)OC[C@H](COC(=O)CCCCCCCCC/C=C/C/C=C/CCCCC)OC(=O)CCCCCCCCCCCCCCCCCCC. The molecule has 0 heterocycles. The van der Waals surface area contributed by atoms with Gasteiger partial charge in [-0.2, -0.15) is 0 Å². The smallest absolute Gasteiger partial charge is 0.306 e. The number of rotatable bonds is 52. The molecule has 0 aliphatic heterocycles. The Labute approximate surface area is 415 Å². The number of hydrogen-bond acceptors (Lipinski definition) is 6. The fourth-order valence-electron chi connectivity index (χ4n) is 8.19. The standard InChI is InChI=1S/C61H108O6/c1-4-7-10-13-16-19-22-25-28-30-33-36-39-42-45-48-51-54-60(63)66-57-58(56-65-59(62)53-50-47-44-41-38-35-32-27-24-21-18-15-12-9-6-3)67-61(64)55-52-49-46-43-40-37-34-31-29-26-23-20-17-14-11-8-5-2/h9,12,16,18-19,21,25,27-28,32,58H,4-8,10-11,13-15,17,20,22-24,26,29-31,33-57H2,1-3H3/b12-9+,19-16+,21-18+,28-25+,32-27+/t58-/m1/s1. The number of hydrogen-bond donors (Lipinski definition) is 0. The van der Waals surface area contributed by atoms with E-state index in [2.05, 4.69) is 81.5 Å². The summed E-state index contributed by atoms with van der Waals surface area (Å²) in [4.78, 5) is 38.2. The van der Waals surface area contributed by atoms with Crippen molar-refractivity contribution < 1.29 is 28.6 Å². The highest BCUT2D eigenvalue weighted by atomic mass is 16.6. The van der Waals surface area contributed by atoms with E-state index in [1.165, 1.54) is 141 Å². The van der Waals surface area contributed by atoms with E-state index in [9.17, 15) is 14.4 Å². The molecule has 0 aromatic heterocycles. The van der Waals surface area contributed by atoms with E-state index in [1.54, 1.807) is 0 Å². The van der Waals surface area contributed by atoms with Crippen LogP contribution in [0.5, 0.6) is 0 Å². The Morgan fingerprint density at radius 3 is 0.940 bits per heavy atom. The lowest BCUT2D eigenvalue weighted by Gasteiger charge is -2.18. The van der Waals surface area contributed by atoms with Gasteiger partial charge in [0.05, 0.1) is 0 Å². The summed E-state index contributed by atoms with van der Waals surface area (Å²) in [7, 11) is 0. The summed E-state index contributed by atoms with van der Waals surface area (Å²) < 4.78 is 16.9. The van der Waals surface area contributed by atoms with E-state index in [0.717, 1.165) is 109 Å². The van der Waals surface area contributed by atoms with Gasteiger partial charge in [0.1, 0.15) is 13.2 Å². The van der Waals surface area contributed by atoms with Crippen LogP contribution in [0.25, 0.3) is 0 Å². The Kier molecular flexibility index (Phi) is 53.3. The van der Waals surface area contributed by atoms with E-state index in [0.29, 0.717) is 19.3 Å². The van der Waals surface area contributed by atoms with Gasteiger partial charge in [0, 0.05) is 19.3 Å². The highest BCUT2D eigenvalue weighted by molar-refractivity contribution is 5.71. The summed E-state index contributed by atoms with van der Waals surface area (Å²) in [6.45, 7) is 6.51. The van der Waals surface area contributed by atoms with Crippen LogP contribution in [0.2, 0.25) is 0 Å². The maximum Gasteiger partial charge on any atom is 0.306 e. The molecule has 0 aliphatic rings. The van der Waals surface area contributed by atoms with Gasteiger partial charge in [-0.1, -0.05) is 248 Å². The van der Waals surface area contributed by atoms with Crippen LogP contribution < -0.4 is 0 Å². The van der Waals surface area contributed by atoms with Gasteiger partial charge in [-0.25, -0.2) is 0 Å². The molecule has 0 unspecified atom stereocenters. The van der Waals surface area contributed by atoms with Crippen molar-refractivity contribution >= 4 is 17.9 Å². The van der Waals surface area contributed by atoms with Crippen molar-refractivity contribution in [1.82, 2.24) is 0 Å². The molecule has 1 atom stereocenters. The topological polar surface area (TPSA) is 78.9 Å². The largest absolute Gasteiger partial charge is 0.462 e. The zero-order chi connectivity index (χ0) is 48.6. The Morgan fingerprint density at radius 2 is 0.582 bits per heavy atom. The van der Waals surface area contributed by atoms with Crippen LogP contribution in [-0.2, 0) is 28.6 Å².